The molecule has 2 rings (SSSR count). The predicted octanol–water partition coefficient (Wildman–Crippen LogP) is 1.94. The van der Waals surface area contributed by atoms with E-state index in [1.165, 1.54) is 7.11 Å². The van der Waals surface area contributed by atoms with Crippen LogP contribution in [0.15, 0.2) is 36.4 Å². The van der Waals surface area contributed by atoms with Crippen molar-refractivity contribution in [3.8, 4) is 5.75 Å². The number of hydrogen-bond donors (Lipinski definition) is 2. The smallest absolute Gasteiger partial charge is 0.257 e. The van der Waals surface area contributed by atoms with Crippen molar-refractivity contribution in [1.29, 1.82) is 0 Å². The zero-order valence-corrected chi connectivity index (χ0v) is 13.2. The minimum Gasteiger partial charge on any atom is -0.497 e. The van der Waals surface area contributed by atoms with Crippen LogP contribution in [0.4, 0.5) is 13.2 Å². The molecule has 8 heteroatoms. The van der Waals surface area contributed by atoms with Crippen molar-refractivity contribution in [2.75, 3.05) is 7.11 Å². The van der Waals surface area contributed by atoms with Crippen LogP contribution in [0.5, 0.6) is 5.75 Å². The van der Waals surface area contributed by atoms with E-state index in [9.17, 15) is 22.8 Å². The van der Waals surface area contributed by atoms with E-state index in [1.54, 1.807) is 24.3 Å². The molecule has 0 aromatic heterocycles. The van der Waals surface area contributed by atoms with Gasteiger partial charge in [-0.05, 0) is 17.7 Å². The molecule has 0 spiro atoms. The van der Waals surface area contributed by atoms with Gasteiger partial charge in [0.2, 0.25) is 5.91 Å². The Labute approximate surface area is 141 Å². The first-order chi connectivity index (χ1) is 11.8. The first-order valence-electron chi connectivity index (χ1n) is 7.19. The number of carbonyl (C=O) groups excluding carboxylic acids is 2. The summed E-state index contributed by atoms with van der Waals surface area (Å²) in [7, 11) is 1.46. The number of primary amides is 1. The molecule has 3 N–H and O–H groups in total. The van der Waals surface area contributed by atoms with E-state index in [-0.39, 0.29) is 6.42 Å². The van der Waals surface area contributed by atoms with Crippen molar-refractivity contribution >= 4 is 11.8 Å². The Kier molecular flexibility index (Phi) is 5.63. The van der Waals surface area contributed by atoms with Crippen LogP contribution in [0.2, 0.25) is 0 Å². The molecule has 0 saturated heterocycles. The lowest BCUT2D eigenvalue weighted by molar-refractivity contribution is -0.119. The normalized spacial score (nSPS) is 11.7. The average molecular weight is 352 g/mol. The van der Waals surface area contributed by atoms with Crippen LogP contribution < -0.4 is 15.8 Å². The summed E-state index contributed by atoms with van der Waals surface area (Å²) in [5.41, 5.74) is 4.88. The summed E-state index contributed by atoms with van der Waals surface area (Å²) in [6.45, 7) is 0. The fourth-order valence-corrected chi connectivity index (χ4v) is 2.25. The molecule has 0 radical (unpaired) electrons. The highest BCUT2D eigenvalue weighted by molar-refractivity contribution is 5.97. The van der Waals surface area contributed by atoms with Gasteiger partial charge in [-0.25, -0.2) is 13.2 Å². The molecule has 0 fully saturated rings. The zero-order valence-electron chi connectivity index (χ0n) is 13.2. The van der Waals surface area contributed by atoms with Crippen LogP contribution in [0.25, 0.3) is 0 Å². The van der Waals surface area contributed by atoms with E-state index >= 15 is 0 Å². The number of nitrogens with two attached hydrogens (primary N) is 1. The number of nitrogens with one attached hydrogen (secondary N) is 1. The third-order valence-electron chi connectivity index (χ3n) is 3.46. The average Bonchev–Trinajstić information content (AvgIpc) is 2.53. The fraction of sp³-hybridized carbons (Fsp3) is 0.176. The van der Waals surface area contributed by atoms with Crippen LogP contribution in [0.3, 0.4) is 0 Å². The Morgan fingerprint density at radius 1 is 1.16 bits per heavy atom. The minimum absolute atomic E-state index is 0.0112. The van der Waals surface area contributed by atoms with Crippen LogP contribution in [-0.2, 0) is 11.2 Å². The Hall–Kier alpha value is -3.03. The number of carbonyl (C=O) groups is 2. The highest BCUT2D eigenvalue weighted by Crippen LogP contribution is 2.16. The molecule has 0 saturated carbocycles. The summed E-state index contributed by atoms with van der Waals surface area (Å²) in [6, 6.07) is 6.19. The van der Waals surface area contributed by atoms with E-state index in [0.717, 1.165) is 0 Å². The number of methoxy groups -OCH3 is 1. The maximum Gasteiger partial charge on any atom is 0.257 e. The van der Waals surface area contributed by atoms with E-state index in [2.05, 4.69) is 5.32 Å². The number of benzene rings is 2. The van der Waals surface area contributed by atoms with Gasteiger partial charge in [0.05, 0.1) is 7.11 Å². The first-order valence-corrected chi connectivity index (χ1v) is 7.19. The monoisotopic (exact) mass is 352 g/mol. The SMILES string of the molecule is COc1cccc(C[C@@H](NC(=O)c2c(F)cc(F)cc2F)C(N)=O)c1. The predicted molar refractivity (Wildman–Crippen MR) is 83.5 cm³/mol. The molecule has 0 heterocycles. The van der Waals surface area contributed by atoms with E-state index < -0.39 is 40.9 Å². The van der Waals surface area contributed by atoms with Gasteiger partial charge in [-0.3, -0.25) is 9.59 Å². The molecule has 0 aliphatic carbocycles. The second-order valence-electron chi connectivity index (χ2n) is 5.23. The summed E-state index contributed by atoms with van der Waals surface area (Å²) in [5, 5.41) is 2.16. The molecule has 1 atom stereocenters. The lowest BCUT2D eigenvalue weighted by Gasteiger charge is -2.16. The number of hydrogen-bond acceptors (Lipinski definition) is 3. The Balaban J connectivity index is 2.22. The van der Waals surface area contributed by atoms with Crippen LogP contribution >= 0.6 is 0 Å². The van der Waals surface area contributed by atoms with Gasteiger partial charge in [0.1, 0.15) is 34.8 Å². The summed E-state index contributed by atoms with van der Waals surface area (Å²) in [5.74, 6) is -5.47. The first kappa shape index (κ1) is 18.3. The quantitative estimate of drug-likeness (QED) is 0.834. The molecular formula is C17H15F3N2O3. The zero-order chi connectivity index (χ0) is 18.6. The summed E-state index contributed by atoms with van der Waals surface area (Å²) < 4.78 is 45.3. The fourth-order valence-electron chi connectivity index (χ4n) is 2.25. The second-order valence-corrected chi connectivity index (χ2v) is 5.23. The number of rotatable bonds is 6. The lowest BCUT2D eigenvalue weighted by Crippen LogP contribution is -2.46. The molecule has 132 valence electrons. The standard InChI is InChI=1S/C17H15F3N2O3/c1-25-11-4-2-3-9(5-11)6-14(16(21)23)22-17(24)15-12(19)7-10(18)8-13(15)20/h2-5,7-8,14H,6H2,1H3,(H2,21,23)(H,22,24)/t14-/m1/s1. The van der Waals surface area contributed by atoms with E-state index in [1.807, 2.05) is 0 Å². The van der Waals surface area contributed by atoms with Crippen LogP contribution in [-0.4, -0.2) is 25.0 Å². The second kappa shape index (κ2) is 7.69. The highest BCUT2D eigenvalue weighted by Gasteiger charge is 2.24. The number of halogens is 3. The molecule has 2 aromatic rings. The van der Waals surface area contributed by atoms with Gasteiger partial charge in [0.15, 0.2) is 0 Å². The molecule has 0 bridgehead atoms. The van der Waals surface area contributed by atoms with Crippen LogP contribution in [0, 0.1) is 17.5 Å². The third-order valence-corrected chi connectivity index (χ3v) is 3.46. The van der Waals surface area contributed by atoms with E-state index in [4.69, 9.17) is 10.5 Å². The van der Waals surface area contributed by atoms with Crippen LogP contribution in [0.1, 0.15) is 15.9 Å². The summed E-state index contributed by atoms with van der Waals surface area (Å²) >= 11 is 0. The van der Waals surface area contributed by atoms with Crippen molar-refractivity contribution < 1.29 is 27.5 Å². The summed E-state index contributed by atoms with van der Waals surface area (Å²) in [6.07, 6.45) is -0.0112. The maximum absolute atomic E-state index is 13.7. The topological polar surface area (TPSA) is 81.4 Å². The third kappa shape index (κ3) is 4.50. The largest absolute Gasteiger partial charge is 0.497 e. The van der Waals surface area contributed by atoms with Crippen molar-refractivity contribution in [3.63, 3.8) is 0 Å². The number of amides is 2. The van der Waals surface area contributed by atoms with Gasteiger partial charge in [-0.15, -0.1) is 0 Å². The maximum atomic E-state index is 13.7. The Morgan fingerprint density at radius 2 is 1.80 bits per heavy atom. The number of ether oxygens (including phenoxy) is 1. The Morgan fingerprint density at radius 3 is 2.36 bits per heavy atom. The molecule has 0 aliphatic heterocycles. The van der Waals surface area contributed by atoms with Crippen molar-refractivity contribution in [2.24, 2.45) is 5.73 Å². The minimum atomic E-state index is -1.38. The van der Waals surface area contributed by atoms with Gasteiger partial charge in [0.25, 0.3) is 5.91 Å². The molecule has 25 heavy (non-hydrogen) atoms. The van der Waals surface area contributed by atoms with Gasteiger partial charge in [-0.1, -0.05) is 12.1 Å². The van der Waals surface area contributed by atoms with Crippen molar-refractivity contribution in [1.82, 2.24) is 5.32 Å². The Bertz CT molecular complexity index is 788. The van der Waals surface area contributed by atoms with Gasteiger partial charge >= 0.3 is 0 Å². The lowest BCUT2D eigenvalue weighted by atomic mass is 10.0. The van der Waals surface area contributed by atoms with Crippen molar-refractivity contribution in [2.45, 2.75) is 12.5 Å². The molecule has 2 aromatic carbocycles. The van der Waals surface area contributed by atoms with Crippen molar-refractivity contribution in [3.05, 3.63) is 65.0 Å². The highest BCUT2D eigenvalue weighted by atomic mass is 19.1. The molecule has 0 aliphatic rings. The van der Waals surface area contributed by atoms with E-state index in [0.29, 0.717) is 23.4 Å². The van der Waals surface area contributed by atoms with Gasteiger partial charge < -0.3 is 15.8 Å². The molecular weight excluding hydrogens is 337 g/mol. The molecule has 5 nitrogen and oxygen atoms in total. The molecule has 0 unspecified atom stereocenters. The summed E-state index contributed by atoms with van der Waals surface area (Å²) in [4.78, 5) is 23.7. The molecule has 2 amide bonds. The van der Waals surface area contributed by atoms with Gasteiger partial charge in [-0.2, -0.15) is 0 Å². The van der Waals surface area contributed by atoms with Gasteiger partial charge in [0, 0.05) is 18.6 Å².